The molecule has 0 spiro atoms. The smallest absolute Gasteiger partial charge is 0.194 e. The van der Waals surface area contributed by atoms with Crippen LogP contribution in [0.1, 0.15) is 31.4 Å². The van der Waals surface area contributed by atoms with E-state index in [0.717, 1.165) is 63.4 Å². The van der Waals surface area contributed by atoms with Gasteiger partial charge in [-0.3, -0.25) is 14.6 Å². The number of aryl methyl sites for hydroxylation is 1. The zero-order valence-electron chi connectivity index (χ0n) is 16.9. The van der Waals surface area contributed by atoms with Crippen LogP contribution < -0.4 is 5.32 Å². The Morgan fingerprint density at radius 3 is 2.96 bits per heavy atom. The molecule has 1 saturated heterocycles. The summed E-state index contributed by atoms with van der Waals surface area (Å²) < 4.78 is 13.0. The highest BCUT2D eigenvalue weighted by Crippen LogP contribution is 2.26. The van der Waals surface area contributed by atoms with Crippen LogP contribution in [0, 0.1) is 0 Å². The minimum atomic E-state index is 0.0426. The molecule has 1 saturated carbocycles. The van der Waals surface area contributed by atoms with Gasteiger partial charge < -0.3 is 19.7 Å². The van der Waals surface area contributed by atoms with Crippen LogP contribution >= 0.6 is 0 Å². The lowest BCUT2D eigenvalue weighted by Crippen LogP contribution is -2.48. The van der Waals surface area contributed by atoms with Gasteiger partial charge in [0.05, 0.1) is 32.5 Å². The standard InChI is InChI=1S/C19H34N6O2/c1-4-20-19(21-7-8-24(9-11-26-3)17-5-6-17)25-10-12-27-18(15-25)16-13-22-23(2)14-16/h13-14,17-18H,4-12,15H2,1-3H3,(H,20,21). The topological polar surface area (TPSA) is 67.2 Å². The summed E-state index contributed by atoms with van der Waals surface area (Å²) in [6.07, 6.45) is 6.58. The second kappa shape index (κ2) is 10.1. The molecule has 1 aliphatic carbocycles. The van der Waals surface area contributed by atoms with Crippen LogP contribution in [0.3, 0.4) is 0 Å². The van der Waals surface area contributed by atoms with Crippen molar-refractivity contribution in [3.63, 3.8) is 0 Å². The van der Waals surface area contributed by atoms with E-state index in [2.05, 4.69) is 27.1 Å². The van der Waals surface area contributed by atoms with E-state index in [4.69, 9.17) is 14.5 Å². The second-order valence-corrected chi connectivity index (χ2v) is 7.25. The molecule has 0 amide bonds. The summed E-state index contributed by atoms with van der Waals surface area (Å²) in [5.74, 6) is 0.983. The summed E-state index contributed by atoms with van der Waals surface area (Å²) >= 11 is 0. The summed E-state index contributed by atoms with van der Waals surface area (Å²) in [6, 6.07) is 0.733. The number of methoxy groups -OCH3 is 1. The lowest BCUT2D eigenvalue weighted by Gasteiger charge is -2.35. The lowest BCUT2D eigenvalue weighted by atomic mass is 10.1. The van der Waals surface area contributed by atoms with Crippen molar-refractivity contribution in [2.24, 2.45) is 12.0 Å². The molecule has 1 aromatic heterocycles. The predicted molar refractivity (Wildman–Crippen MR) is 106 cm³/mol. The molecular weight excluding hydrogens is 344 g/mol. The van der Waals surface area contributed by atoms with Crippen molar-refractivity contribution in [1.29, 1.82) is 0 Å². The third-order valence-corrected chi connectivity index (χ3v) is 5.09. The third-order valence-electron chi connectivity index (χ3n) is 5.09. The number of hydrogen-bond donors (Lipinski definition) is 1. The summed E-state index contributed by atoms with van der Waals surface area (Å²) in [5.41, 5.74) is 1.12. The molecule has 152 valence electrons. The average Bonchev–Trinajstić information content (AvgIpc) is 3.44. The first-order chi connectivity index (χ1) is 13.2. The maximum absolute atomic E-state index is 5.96. The second-order valence-electron chi connectivity index (χ2n) is 7.25. The number of aromatic nitrogens is 2. The molecule has 1 aromatic rings. The van der Waals surface area contributed by atoms with E-state index in [-0.39, 0.29) is 6.10 Å². The van der Waals surface area contributed by atoms with Crippen molar-refractivity contribution < 1.29 is 9.47 Å². The van der Waals surface area contributed by atoms with E-state index in [1.807, 2.05) is 24.1 Å². The maximum atomic E-state index is 5.96. The molecular formula is C19H34N6O2. The van der Waals surface area contributed by atoms with E-state index in [1.54, 1.807) is 7.11 Å². The number of ether oxygens (including phenoxy) is 2. The average molecular weight is 379 g/mol. The van der Waals surface area contributed by atoms with Gasteiger partial charge in [0.25, 0.3) is 0 Å². The van der Waals surface area contributed by atoms with Gasteiger partial charge >= 0.3 is 0 Å². The molecule has 1 unspecified atom stereocenters. The molecule has 0 aromatic carbocycles. The fourth-order valence-electron chi connectivity index (χ4n) is 3.49. The molecule has 0 bridgehead atoms. The van der Waals surface area contributed by atoms with Crippen molar-refractivity contribution in [2.75, 3.05) is 59.6 Å². The Morgan fingerprint density at radius 1 is 1.44 bits per heavy atom. The number of rotatable bonds is 9. The van der Waals surface area contributed by atoms with Crippen LogP contribution in [0.25, 0.3) is 0 Å². The summed E-state index contributed by atoms with van der Waals surface area (Å²) in [5, 5.41) is 7.72. The van der Waals surface area contributed by atoms with Crippen LogP contribution in [0.2, 0.25) is 0 Å². The Hall–Kier alpha value is -1.64. The molecule has 2 aliphatic rings. The van der Waals surface area contributed by atoms with Crippen molar-refractivity contribution in [3.05, 3.63) is 18.0 Å². The Balaban J connectivity index is 1.57. The molecule has 3 rings (SSSR count). The van der Waals surface area contributed by atoms with Crippen LogP contribution in [0.15, 0.2) is 17.4 Å². The Morgan fingerprint density at radius 2 is 2.30 bits per heavy atom. The van der Waals surface area contributed by atoms with Crippen molar-refractivity contribution in [3.8, 4) is 0 Å². The Bertz CT molecular complexity index is 601. The molecule has 1 aliphatic heterocycles. The largest absolute Gasteiger partial charge is 0.383 e. The number of aliphatic imine (C=N–C) groups is 1. The van der Waals surface area contributed by atoms with E-state index >= 15 is 0 Å². The first-order valence-electron chi connectivity index (χ1n) is 10.1. The predicted octanol–water partition coefficient (Wildman–Crippen LogP) is 0.870. The molecule has 2 heterocycles. The first-order valence-corrected chi connectivity index (χ1v) is 10.1. The fraction of sp³-hybridized carbons (Fsp3) is 0.789. The number of nitrogens with one attached hydrogen (secondary N) is 1. The minimum Gasteiger partial charge on any atom is -0.383 e. The monoisotopic (exact) mass is 378 g/mol. The van der Waals surface area contributed by atoms with Crippen molar-refractivity contribution >= 4 is 5.96 Å². The molecule has 27 heavy (non-hydrogen) atoms. The molecule has 2 fully saturated rings. The van der Waals surface area contributed by atoms with Gasteiger partial charge in [0.1, 0.15) is 6.10 Å². The third kappa shape index (κ3) is 5.92. The zero-order valence-corrected chi connectivity index (χ0v) is 16.9. The van der Waals surface area contributed by atoms with Crippen molar-refractivity contribution in [2.45, 2.75) is 31.9 Å². The molecule has 1 atom stereocenters. The van der Waals surface area contributed by atoms with Crippen LogP contribution in [-0.4, -0.2) is 91.2 Å². The number of morpholine rings is 1. The molecule has 1 N–H and O–H groups in total. The first kappa shape index (κ1) is 20.1. The van der Waals surface area contributed by atoms with Crippen LogP contribution in [0.5, 0.6) is 0 Å². The van der Waals surface area contributed by atoms with E-state index in [9.17, 15) is 0 Å². The van der Waals surface area contributed by atoms with E-state index in [0.29, 0.717) is 6.61 Å². The Kier molecular flexibility index (Phi) is 7.49. The van der Waals surface area contributed by atoms with Gasteiger partial charge in [-0.15, -0.1) is 0 Å². The van der Waals surface area contributed by atoms with Gasteiger partial charge in [0, 0.05) is 58.1 Å². The van der Waals surface area contributed by atoms with Crippen LogP contribution in [0.4, 0.5) is 0 Å². The summed E-state index contributed by atoms with van der Waals surface area (Å²) in [4.78, 5) is 9.72. The summed E-state index contributed by atoms with van der Waals surface area (Å²) in [6.45, 7) is 8.91. The van der Waals surface area contributed by atoms with Crippen LogP contribution in [-0.2, 0) is 16.5 Å². The van der Waals surface area contributed by atoms with Gasteiger partial charge in [-0.1, -0.05) is 0 Å². The highest BCUT2D eigenvalue weighted by Gasteiger charge is 2.28. The van der Waals surface area contributed by atoms with E-state index < -0.39 is 0 Å². The zero-order chi connectivity index (χ0) is 19.1. The van der Waals surface area contributed by atoms with Gasteiger partial charge in [-0.2, -0.15) is 5.10 Å². The SMILES string of the molecule is CCNC(=NCCN(CCOC)C1CC1)N1CCOC(c2cnn(C)c2)C1. The molecule has 8 heteroatoms. The highest BCUT2D eigenvalue weighted by atomic mass is 16.5. The van der Waals surface area contributed by atoms with Gasteiger partial charge in [0.2, 0.25) is 0 Å². The Labute approximate surface area is 162 Å². The van der Waals surface area contributed by atoms with Gasteiger partial charge in [0.15, 0.2) is 5.96 Å². The summed E-state index contributed by atoms with van der Waals surface area (Å²) in [7, 11) is 3.70. The number of guanidine groups is 1. The lowest BCUT2D eigenvalue weighted by molar-refractivity contribution is -0.00805. The number of nitrogens with zero attached hydrogens (tertiary/aromatic N) is 5. The normalized spacial score (nSPS) is 21.1. The van der Waals surface area contributed by atoms with Crippen molar-refractivity contribution in [1.82, 2.24) is 24.9 Å². The highest BCUT2D eigenvalue weighted by molar-refractivity contribution is 5.80. The molecule has 8 nitrogen and oxygen atoms in total. The van der Waals surface area contributed by atoms with E-state index in [1.165, 1.54) is 12.8 Å². The maximum Gasteiger partial charge on any atom is 0.194 e. The van der Waals surface area contributed by atoms with Gasteiger partial charge in [-0.05, 0) is 19.8 Å². The molecule has 0 radical (unpaired) electrons. The quantitative estimate of drug-likeness (QED) is 0.508. The minimum absolute atomic E-state index is 0.0426. The fourth-order valence-corrected chi connectivity index (χ4v) is 3.49. The van der Waals surface area contributed by atoms with Gasteiger partial charge in [-0.25, -0.2) is 0 Å². The number of hydrogen-bond acceptors (Lipinski definition) is 5.